The molecule has 0 aliphatic carbocycles. The number of fused-ring (bicyclic) bond motifs is 3. The number of benzene rings is 1. The monoisotopic (exact) mass is 301 g/mol. The Balaban J connectivity index is 2.15. The fraction of sp³-hybridized carbons (Fsp3) is 0.267. The summed E-state index contributed by atoms with van der Waals surface area (Å²) in [5, 5.41) is 3.57. The highest BCUT2D eigenvalue weighted by Crippen LogP contribution is 2.40. The van der Waals surface area contributed by atoms with Gasteiger partial charge in [0.25, 0.3) is 0 Å². The summed E-state index contributed by atoms with van der Waals surface area (Å²) < 4.78 is 5.20. The van der Waals surface area contributed by atoms with E-state index >= 15 is 0 Å². The van der Waals surface area contributed by atoms with Gasteiger partial charge in [-0.05, 0) is 32.1 Å². The molecule has 5 nitrogen and oxygen atoms in total. The third-order valence-electron chi connectivity index (χ3n) is 3.53. The Labute approximate surface area is 128 Å². The first-order valence-electron chi connectivity index (χ1n) is 6.73. The molecular weight excluding hydrogens is 286 g/mol. The van der Waals surface area contributed by atoms with E-state index in [4.69, 9.17) is 17.0 Å². The lowest BCUT2D eigenvalue weighted by Crippen LogP contribution is -2.48. The minimum absolute atomic E-state index is 0.286. The molecule has 1 unspecified atom stereocenters. The minimum Gasteiger partial charge on any atom is -0.463 e. The second kappa shape index (κ2) is 5.29. The van der Waals surface area contributed by atoms with Crippen molar-refractivity contribution in [3.63, 3.8) is 0 Å². The summed E-state index contributed by atoms with van der Waals surface area (Å²) >= 11 is 5.35. The smallest absolute Gasteiger partial charge is 0.338 e. The van der Waals surface area contributed by atoms with Crippen molar-refractivity contribution >= 4 is 35.3 Å². The molecule has 3 rings (SSSR count). The van der Waals surface area contributed by atoms with Crippen LogP contribution in [0.5, 0.6) is 0 Å². The topological polar surface area (TPSA) is 53.9 Å². The van der Waals surface area contributed by atoms with Gasteiger partial charge in [0.15, 0.2) is 5.11 Å². The number of rotatable bonds is 2. The van der Waals surface area contributed by atoms with Gasteiger partial charge in [0.05, 0.1) is 30.2 Å². The molecule has 1 atom stereocenters. The molecule has 0 amide bonds. The molecule has 0 saturated carbocycles. The zero-order valence-electron chi connectivity index (χ0n) is 11.8. The van der Waals surface area contributed by atoms with Crippen LogP contribution in [-0.4, -0.2) is 28.9 Å². The van der Waals surface area contributed by atoms with Crippen LogP contribution in [0.3, 0.4) is 0 Å². The number of hydrogen-bond donors (Lipinski definition) is 1. The van der Waals surface area contributed by atoms with Gasteiger partial charge in [-0.15, -0.1) is 0 Å². The van der Waals surface area contributed by atoms with Gasteiger partial charge in [-0.3, -0.25) is 4.90 Å². The summed E-state index contributed by atoms with van der Waals surface area (Å²) in [4.78, 5) is 18.5. The Morgan fingerprint density at radius 3 is 3.00 bits per heavy atom. The van der Waals surface area contributed by atoms with E-state index in [0.717, 1.165) is 16.9 Å². The van der Waals surface area contributed by atoms with E-state index < -0.39 is 0 Å². The Kier molecular flexibility index (Phi) is 3.47. The van der Waals surface area contributed by atoms with Crippen LogP contribution in [0.4, 0.5) is 5.69 Å². The van der Waals surface area contributed by atoms with Crippen molar-refractivity contribution in [2.75, 3.05) is 6.61 Å². The third-order valence-corrected chi connectivity index (χ3v) is 3.85. The summed E-state index contributed by atoms with van der Waals surface area (Å²) in [6.45, 7) is 3.97. The molecule has 0 aromatic heterocycles. The van der Waals surface area contributed by atoms with E-state index in [1.165, 1.54) is 0 Å². The zero-order chi connectivity index (χ0) is 15.0. The van der Waals surface area contributed by atoms with Gasteiger partial charge in [0.2, 0.25) is 0 Å². The van der Waals surface area contributed by atoms with Gasteiger partial charge in [0.1, 0.15) is 0 Å². The van der Waals surface area contributed by atoms with Gasteiger partial charge in [-0.1, -0.05) is 18.2 Å². The average molecular weight is 301 g/mol. The largest absolute Gasteiger partial charge is 0.463 e. The molecule has 1 N–H and O–H groups in total. The van der Waals surface area contributed by atoms with E-state index in [-0.39, 0.29) is 12.0 Å². The van der Waals surface area contributed by atoms with Crippen LogP contribution in [0.2, 0.25) is 0 Å². The van der Waals surface area contributed by atoms with Gasteiger partial charge in [-0.25, -0.2) is 9.79 Å². The van der Waals surface area contributed by atoms with Crippen molar-refractivity contribution in [3.8, 4) is 0 Å². The second-order valence-corrected chi connectivity index (χ2v) is 5.19. The maximum absolute atomic E-state index is 12.3. The first-order valence-corrected chi connectivity index (χ1v) is 7.14. The Hall–Kier alpha value is -2.21. The normalized spacial score (nSPS) is 19.8. The maximum atomic E-state index is 12.3. The standard InChI is InChI=1S/C15H15N3O2S/c1-3-20-14(19)12-9(2)17-15(21)18-8-16-11-7-5-4-6-10(11)13(12)18/h4-8,13H,3H2,1-2H3,(H,17,21). The number of hydrogen-bond acceptors (Lipinski definition) is 4. The highest BCUT2D eigenvalue weighted by Gasteiger charge is 2.38. The molecule has 2 heterocycles. The van der Waals surface area contributed by atoms with Gasteiger partial charge in [-0.2, -0.15) is 0 Å². The molecule has 0 spiro atoms. The number of ether oxygens (including phenoxy) is 1. The van der Waals surface area contributed by atoms with Crippen LogP contribution < -0.4 is 5.32 Å². The fourth-order valence-electron chi connectivity index (χ4n) is 2.61. The second-order valence-electron chi connectivity index (χ2n) is 4.80. The number of nitrogens with zero attached hydrogens (tertiary/aromatic N) is 2. The summed E-state index contributed by atoms with van der Waals surface area (Å²) in [6, 6.07) is 7.45. The van der Waals surface area contributed by atoms with Crippen LogP contribution >= 0.6 is 12.2 Å². The lowest BCUT2D eigenvalue weighted by atomic mass is 9.92. The van der Waals surface area contributed by atoms with Crippen LogP contribution in [-0.2, 0) is 9.53 Å². The molecule has 0 fully saturated rings. The van der Waals surface area contributed by atoms with E-state index in [9.17, 15) is 4.79 Å². The van der Waals surface area contributed by atoms with Crippen molar-refractivity contribution < 1.29 is 9.53 Å². The van der Waals surface area contributed by atoms with E-state index in [1.54, 1.807) is 18.2 Å². The Morgan fingerprint density at radius 1 is 1.48 bits per heavy atom. The molecule has 1 aromatic rings. The number of nitrogens with one attached hydrogen (secondary N) is 1. The molecule has 21 heavy (non-hydrogen) atoms. The summed E-state index contributed by atoms with van der Waals surface area (Å²) in [5.74, 6) is -0.329. The molecule has 6 heteroatoms. The molecular formula is C15H15N3O2S. The minimum atomic E-state index is -0.329. The number of para-hydroxylation sites is 1. The lowest BCUT2D eigenvalue weighted by Gasteiger charge is -2.39. The Bertz CT molecular complexity index is 681. The number of allylic oxidation sites excluding steroid dienone is 1. The summed E-state index contributed by atoms with van der Waals surface area (Å²) in [7, 11) is 0. The molecule has 0 bridgehead atoms. The van der Waals surface area contributed by atoms with Crippen molar-refractivity contribution in [2.45, 2.75) is 19.9 Å². The number of aliphatic imine (C=N–C) groups is 1. The van der Waals surface area contributed by atoms with Crippen LogP contribution in [0.15, 0.2) is 40.5 Å². The van der Waals surface area contributed by atoms with Crippen molar-refractivity contribution in [3.05, 3.63) is 41.1 Å². The average Bonchev–Trinajstić information content (AvgIpc) is 2.47. The van der Waals surface area contributed by atoms with Gasteiger partial charge in [0, 0.05) is 11.3 Å². The number of thiocarbonyl (C=S) groups is 1. The number of carbonyl (C=O) groups excluding carboxylic acids is 1. The third kappa shape index (κ3) is 2.21. The first kappa shape index (κ1) is 13.8. The van der Waals surface area contributed by atoms with Gasteiger partial charge >= 0.3 is 5.97 Å². The maximum Gasteiger partial charge on any atom is 0.338 e. The zero-order valence-corrected chi connectivity index (χ0v) is 12.6. The first-order chi connectivity index (χ1) is 10.1. The van der Waals surface area contributed by atoms with E-state index in [2.05, 4.69) is 10.3 Å². The lowest BCUT2D eigenvalue weighted by molar-refractivity contribution is -0.139. The van der Waals surface area contributed by atoms with Gasteiger partial charge < -0.3 is 10.1 Å². The highest BCUT2D eigenvalue weighted by molar-refractivity contribution is 7.80. The van der Waals surface area contributed by atoms with E-state index in [0.29, 0.717) is 17.3 Å². The number of esters is 1. The molecule has 0 radical (unpaired) electrons. The highest BCUT2D eigenvalue weighted by atomic mass is 32.1. The predicted octanol–water partition coefficient (Wildman–Crippen LogP) is 2.43. The molecule has 108 valence electrons. The van der Waals surface area contributed by atoms with Crippen LogP contribution in [0.25, 0.3) is 0 Å². The van der Waals surface area contributed by atoms with Crippen molar-refractivity contribution in [2.24, 2.45) is 4.99 Å². The van der Waals surface area contributed by atoms with Crippen molar-refractivity contribution in [1.29, 1.82) is 0 Å². The Morgan fingerprint density at radius 2 is 2.24 bits per heavy atom. The molecule has 2 aliphatic heterocycles. The van der Waals surface area contributed by atoms with Crippen LogP contribution in [0, 0.1) is 0 Å². The van der Waals surface area contributed by atoms with E-state index in [1.807, 2.05) is 31.2 Å². The summed E-state index contributed by atoms with van der Waals surface area (Å²) in [5.41, 5.74) is 3.10. The summed E-state index contributed by atoms with van der Waals surface area (Å²) in [6.07, 6.45) is 1.66. The molecule has 0 saturated heterocycles. The predicted molar refractivity (Wildman–Crippen MR) is 84.2 cm³/mol. The number of carbonyl (C=O) groups is 1. The van der Waals surface area contributed by atoms with Crippen LogP contribution in [0.1, 0.15) is 25.5 Å². The SMILES string of the molecule is CCOC(=O)C1=C(C)NC(=S)N2C=Nc3ccccc3C12. The quantitative estimate of drug-likeness (QED) is 0.671. The molecule has 2 aliphatic rings. The van der Waals surface area contributed by atoms with Crippen molar-refractivity contribution in [1.82, 2.24) is 10.2 Å². The molecule has 1 aromatic carbocycles. The fourth-order valence-corrected chi connectivity index (χ4v) is 2.92.